The molecule has 0 unspecified atom stereocenters. The van der Waals surface area contributed by atoms with E-state index in [4.69, 9.17) is 0 Å². The number of carbonyl (C=O) groups is 1. The highest BCUT2D eigenvalue weighted by Gasteiger charge is 2.31. The molecule has 1 amide bonds. The normalized spacial score (nSPS) is 24.0. The predicted molar refractivity (Wildman–Crippen MR) is 87.7 cm³/mol. The van der Waals surface area contributed by atoms with E-state index >= 15 is 0 Å². The Kier molecular flexibility index (Phi) is 5.50. The lowest BCUT2D eigenvalue weighted by molar-refractivity contribution is -0.121. The number of aliphatic hydroxyl groups is 1. The Morgan fingerprint density at radius 1 is 1.50 bits per heavy atom. The summed E-state index contributed by atoms with van der Waals surface area (Å²) in [5.41, 5.74) is -0.445. The van der Waals surface area contributed by atoms with Crippen molar-refractivity contribution in [3.63, 3.8) is 0 Å². The van der Waals surface area contributed by atoms with E-state index in [1.54, 1.807) is 36.5 Å². The van der Waals surface area contributed by atoms with Gasteiger partial charge in [-0.15, -0.1) is 5.10 Å². The van der Waals surface area contributed by atoms with Gasteiger partial charge in [-0.2, -0.15) is 11.8 Å². The second kappa shape index (κ2) is 7.00. The molecule has 7 heteroatoms. The second-order valence-corrected chi connectivity index (χ2v) is 7.67. The van der Waals surface area contributed by atoms with Gasteiger partial charge < -0.3 is 10.4 Å². The van der Waals surface area contributed by atoms with E-state index in [9.17, 15) is 9.90 Å². The monoisotopic (exact) mass is 326 g/mol. The Bertz CT molecular complexity index is 512. The number of hydrogen-bond donors (Lipinski definition) is 2. The number of carbonyl (C=O) groups excluding carboxylic acids is 1. The minimum atomic E-state index is -1.00. The van der Waals surface area contributed by atoms with Crippen LogP contribution in [-0.2, 0) is 10.4 Å². The molecule has 0 saturated heterocycles. The van der Waals surface area contributed by atoms with Crippen molar-refractivity contribution in [2.24, 2.45) is 0 Å². The quantitative estimate of drug-likeness (QED) is 0.863. The summed E-state index contributed by atoms with van der Waals surface area (Å²) in [6.45, 7) is 5.31. The third-order valence-electron chi connectivity index (χ3n) is 4.26. The van der Waals surface area contributed by atoms with Gasteiger partial charge in [-0.25, -0.2) is 4.68 Å². The van der Waals surface area contributed by atoms with E-state index in [1.165, 1.54) is 0 Å². The molecule has 3 atom stereocenters. The average Bonchev–Trinajstić information content (AvgIpc) is 2.96. The Balaban J connectivity index is 2.13. The summed E-state index contributed by atoms with van der Waals surface area (Å²) in [6.07, 6.45) is 7.89. The van der Waals surface area contributed by atoms with Gasteiger partial charge in [-0.1, -0.05) is 18.1 Å². The number of rotatable bonds is 5. The first-order valence-corrected chi connectivity index (χ1v) is 9.09. The van der Waals surface area contributed by atoms with Crippen molar-refractivity contribution in [3.8, 4) is 0 Å². The van der Waals surface area contributed by atoms with Gasteiger partial charge in [-0.05, 0) is 39.9 Å². The zero-order valence-electron chi connectivity index (χ0n) is 13.7. The van der Waals surface area contributed by atoms with Crippen LogP contribution in [0.4, 0.5) is 0 Å². The molecule has 1 fully saturated rings. The molecule has 124 valence electrons. The van der Waals surface area contributed by atoms with Crippen LogP contribution in [0.15, 0.2) is 6.20 Å². The lowest BCUT2D eigenvalue weighted by Gasteiger charge is -2.32. The van der Waals surface area contributed by atoms with Crippen molar-refractivity contribution in [2.75, 3.05) is 6.26 Å². The van der Waals surface area contributed by atoms with Crippen LogP contribution in [0.25, 0.3) is 0 Å². The van der Waals surface area contributed by atoms with Crippen LogP contribution in [0.1, 0.15) is 58.2 Å². The average molecular weight is 326 g/mol. The van der Waals surface area contributed by atoms with E-state index < -0.39 is 5.60 Å². The Hall–Kier alpha value is -1.08. The van der Waals surface area contributed by atoms with Gasteiger partial charge in [0.2, 0.25) is 5.91 Å². The predicted octanol–water partition coefficient (Wildman–Crippen LogP) is 1.86. The van der Waals surface area contributed by atoms with Crippen LogP contribution in [0.3, 0.4) is 0 Å². The van der Waals surface area contributed by atoms with Gasteiger partial charge in [-0.3, -0.25) is 4.79 Å². The van der Waals surface area contributed by atoms with E-state index in [0.717, 1.165) is 25.7 Å². The molecule has 1 aliphatic rings. The molecular formula is C15H26N4O2S. The first-order chi connectivity index (χ1) is 10.3. The fraction of sp³-hybridized carbons (Fsp3) is 0.800. The number of nitrogens with one attached hydrogen (secondary N) is 1. The molecule has 0 spiro atoms. The largest absolute Gasteiger partial charge is 0.384 e. The molecule has 0 aliphatic heterocycles. The van der Waals surface area contributed by atoms with Crippen molar-refractivity contribution in [2.45, 2.75) is 69.4 Å². The molecule has 1 aromatic heterocycles. The number of nitrogens with zero attached hydrogens (tertiary/aromatic N) is 3. The van der Waals surface area contributed by atoms with Crippen LogP contribution in [-0.4, -0.2) is 43.6 Å². The smallest absolute Gasteiger partial charge is 0.233 e. The number of amides is 1. The SMILES string of the molecule is CS[C@@H](C)C(=O)N[C@H]1CCCC[C@H]1n1cc(C(C)(C)O)nn1. The minimum absolute atomic E-state index is 0.0507. The maximum Gasteiger partial charge on any atom is 0.233 e. The van der Waals surface area contributed by atoms with Crippen molar-refractivity contribution >= 4 is 17.7 Å². The molecule has 22 heavy (non-hydrogen) atoms. The Morgan fingerprint density at radius 2 is 2.18 bits per heavy atom. The van der Waals surface area contributed by atoms with E-state index in [0.29, 0.717) is 5.69 Å². The molecule has 1 heterocycles. The van der Waals surface area contributed by atoms with Crippen LogP contribution >= 0.6 is 11.8 Å². The van der Waals surface area contributed by atoms with E-state index in [1.807, 2.05) is 13.2 Å². The van der Waals surface area contributed by atoms with Gasteiger partial charge in [0.05, 0.1) is 23.5 Å². The third-order valence-corrected chi connectivity index (χ3v) is 5.18. The van der Waals surface area contributed by atoms with Gasteiger partial charge in [0.25, 0.3) is 0 Å². The summed E-state index contributed by atoms with van der Waals surface area (Å²) in [5, 5.41) is 21.4. The van der Waals surface area contributed by atoms with Gasteiger partial charge >= 0.3 is 0 Å². The van der Waals surface area contributed by atoms with E-state index in [-0.39, 0.29) is 23.2 Å². The lowest BCUT2D eigenvalue weighted by Crippen LogP contribution is -2.45. The van der Waals surface area contributed by atoms with Gasteiger partial charge in [0.15, 0.2) is 0 Å². The summed E-state index contributed by atoms with van der Waals surface area (Å²) >= 11 is 1.55. The van der Waals surface area contributed by atoms with E-state index in [2.05, 4.69) is 15.6 Å². The summed E-state index contributed by atoms with van der Waals surface area (Å²) < 4.78 is 1.81. The van der Waals surface area contributed by atoms with Crippen molar-refractivity contribution in [3.05, 3.63) is 11.9 Å². The fourth-order valence-corrected chi connectivity index (χ4v) is 3.00. The zero-order valence-corrected chi connectivity index (χ0v) is 14.6. The van der Waals surface area contributed by atoms with Crippen LogP contribution in [0.5, 0.6) is 0 Å². The topological polar surface area (TPSA) is 80.0 Å². The Labute approximate surface area is 136 Å². The molecule has 0 bridgehead atoms. The molecule has 1 aliphatic carbocycles. The number of hydrogen-bond acceptors (Lipinski definition) is 5. The molecule has 6 nitrogen and oxygen atoms in total. The van der Waals surface area contributed by atoms with Crippen molar-refractivity contribution in [1.82, 2.24) is 20.3 Å². The van der Waals surface area contributed by atoms with Crippen molar-refractivity contribution < 1.29 is 9.90 Å². The van der Waals surface area contributed by atoms with Gasteiger partial charge in [0.1, 0.15) is 11.3 Å². The molecule has 1 saturated carbocycles. The molecule has 1 aromatic rings. The highest BCUT2D eigenvalue weighted by atomic mass is 32.2. The molecule has 0 aromatic carbocycles. The summed E-state index contributed by atoms with van der Waals surface area (Å²) in [7, 11) is 0. The van der Waals surface area contributed by atoms with Crippen LogP contribution < -0.4 is 5.32 Å². The highest BCUT2D eigenvalue weighted by molar-refractivity contribution is 7.99. The zero-order chi connectivity index (χ0) is 16.3. The first-order valence-electron chi connectivity index (χ1n) is 7.80. The summed E-state index contributed by atoms with van der Waals surface area (Å²) in [5.74, 6) is 0.0761. The fourth-order valence-electron chi connectivity index (χ4n) is 2.72. The summed E-state index contributed by atoms with van der Waals surface area (Å²) in [4.78, 5) is 12.2. The van der Waals surface area contributed by atoms with Gasteiger partial charge in [0, 0.05) is 0 Å². The molecule has 2 N–H and O–H groups in total. The molecule has 2 rings (SSSR count). The highest BCUT2D eigenvalue weighted by Crippen LogP contribution is 2.29. The maximum absolute atomic E-state index is 12.2. The third kappa shape index (κ3) is 4.01. The number of aromatic nitrogens is 3. The molecule has 0 radical (unpaired) electrons. The lowest BCUT2D eigenvalue weighted by atomic mass is 9.90. The number of thioether (sulfide) groups is 1. The van der Waals surface area contributed by atoms with Crippen LogP contribution in [0, 0.1) is 0 Å². The van der Waals surface area contributed by atoms with Crippen molar-refractivity contribution in [1.29, 1.82) is 0 Å². The maximum atomic E-state index is 12.2. The Morgan fingerprint density at radius 3 is 2.77 bits per heavy atom. The second-order valence-electron chi connectivity index (χ2n) is 6.49. The first kappa shape index (κ1) is 17.3. The summed E-state index contributed by atoms with van der Waals surface area (Å²) in [6, 6.07) is 0.183. The van der Waals surface area contributed by atoms with Crippen LogP contribution in [0.2, 0.25) is 0 Å². The standard InChI is InChI=1S/C15H26N4O2S/c1-10(22-4)14(20)16-11-7-5-6-8-12(11)19-9-13(17-18-19)15(2,3)21/h9-12,21H,5-8H2,1-4H3,(H,16,20)/t10-,11-,12+/m0/s1. The molecular weight excluding hydrogens is 300 g/mol. The minimum Gasteiger partial charge on any atom is -0.384 e.